The molecule has 1 heterocycles. The van der Waals surface area contributed by atoms with Crippen molar-refractivity contribution in [1.29, 1.82) is 0 Å². The number of nitrogens with zero attached hydrogens (tertiary/aromatic N) is 3. The van der Waals surface area contributed by atoms with Gasteiger partial charge < -0.3 is 0 Å². The highest BCUT2D eigenvalue weighted by Gasteiger charge is 2.19. The average molecular weight is 265 g/mol. The molecule has 0 bridgehead atoms. The van der Waals surface area contributed by atoms with Gasteiger partial charge in [-0.1, -0.05) is 25.4 Å². The highest BCUT2D eigenvalue weighted by atomic mass is 35.5. The van der Waals surface area contributed by atoms with Gasteiger partial charge in [-0.05, 0) is 6.07 Å². The van der Waals surface area contributed by atoms with Crippen molar-refractivity contribution >= 4 is 27.8 Å². The first-order valence-electron chi connectivity index (χ1n) is 4.76. The van der Waals surface area contributed by atoms with Crippen LogP contribution in [0.4, 0.5) is 5.95 Å². The summed E-state index contributed by atoms with van der Waals surface area (Å²) in [6.45, 7) is 4.27. The topological polar surface area (TPSA) is 75.2 Å². The molecule has 0 fully saturated rings. The minimum absolute atomic E-state index is 0.0283. The number of anilines is 1. The van der Waals surface area contributed by atoms with E-state index < -0.39 is 10.2 Å². The normalized spacial score (nSPS) is 11.8. The molecule has 0 aliphatic heterocycles. The van der Waals surface area contributed by atoms with Gasteiger partial charge in [0.05, 0.1) is 0 Å². The summed E-state index contributed by atoms with van der Waals surface area (Å²) in [6.07, 6.45) is 1.38. The fourth-order valence-corrected chi connectivity index (χ4v) is 2.40. The largest absolute Gasteiger partial charge is 0.303 e. The fourth-order valence-electron chi connectivity index (χ4n) is 1.13. The van der Waals surface area contributed by atoms with E-state index in [1.807, 2.05) is 0 Å². The van der Waals surface area contributed by atoms with Crippen molar-refractivity contribution < 1.29 is 8.42 Å². The molecule has 0 saturated carbocycles. The van der Waals surface area contributed by atoms with E-state index in [9.17, 15) is 8.42 Å². The van der Waals surface area contributed by atoms with Gasteiger partial charge in [-0.25, -0.2) is 14.7 Å². The van der Waals surface area contributed by atoms with Gasteiger partial charge in [-0.2, -0.15) is 12.7 Å². The van der Waals surface area contributed by atoms with E-state index in [1.165, 1.54) is 16.6 Å². The van der Waals surface area contributed by atoms with Gasteiger partial charge in [-0.3, -0.25) is 0 Å². The first-order valence-corrected chi connectivity index (χ1v) is 6.57. The molecule has 0 aromatic carbocycles. The van der Waals surface area contributed by atoms with Gasteiger partial charge in [0, 0.05) is 19.3 Å². The summed E-state index contributed by atoms with van der Waals surface area (Å²) in [5.41, 5.74) is 0. The Kier molecular flexibility index (Phi) is 4.45. The van der Waals surface area contributed by atoms with Crippen LogP contribution in [-0.2, 0) is 10.2 Å². The van der Waals surface area contributed by atoms with Crippen LogP contribution < -0.4 is 4.72 Å². The van der Waals surface area contributed by atoms with Gasteiger partial charge >= 0.3 is 10.2 Å². The van der Waals surface area contributed by atoms with E-state index in [-0.39, 0.29) is 11.1 Å². The summed E-state index contributed by atoms with van der Waals surface area (Å²) in [5.74, 6) is -0.0283. The smallest absolute Gasteiger partial charge is 0.238 e. The predicted octanol–water partition coefficient (Wildman–Crippen LogP) is 1.13. The van der Waals surface area contributed by atoms with E-state index in [4.69, 9.17) is 11.6 Å². The molecule has 0 unspecified atom stereocenters. The summed E-state index contributed by atoms with van der Waals surface area (Å²) in [7, 11) is -3.59. The van der Waals surface area contributed by atoms with Crippen molar-refractivity contribution in [3.05, 3.63) is 17.4 Å². The Hall–Kier alpha value is -0.920. The summed E-state index contributed by atoms with van der Waals surface area (Å²) in [4.78, 5) is 7.51. The van der Waals surface area contributed by atoms with E-state index in [0.29, 0.717) is 13.1 Å². The molecule has 0 aliphatic rings. The Balaban J connectivity index is 2.88. The van der Waals surface area contributed by atoms with Crippen molar-refractivity contribution in [2.75, 3.05) is 17.8 Å². The molecule has 90 valence electrons. The number of aromatic nitrogens is 2. The first kappa shape index (κ1) is 13.1. The lowest BCUT2D eigenvalue weighted by Crippen LogP contribution is -2.36. The van der Waals surface area contributed by atoms with Crippen LogP contribution >= 0.6 is 11.6 Å². The molecule has 8 heteroatoms. The molecule has 0 saturated heterocycles. The van der Waals surface area contributed by atoms with Crippen molar-refractivity contribution in [2.24, 2.45) is 0 Å². The van der Waals surface area contributed by atoms with Crippen molar-refractivity contribution in [3.63, 3.8) is 0 Å². The second-order valence-electron chi connectivity index (χ2n) is 2.89. The van der Waals surface area contributed by atoms with Crippen LogP contribution in [0.15, 0.2) is 12.3 Å². The Morgan fingerprint density at radius 2 is 2.06 bits per heavy atom. The Labute approximate surface area is 99.8 Å². The zero-order valence-corrected chi connectivity index (χ0v) is 10.6. The number of hydrogen-bond donors (Lipinski definition) is 1. The standard InChI is InChI=1S/C8H13ClN4O2S/c1-3-13(4-2)16(14,15)12-8-10-6-5-7(9)11-8/h5-6H,3-4H2,1-2H3,(H,10,11,12). The molecule has 1 aromatic rings. The molecule has 0 amide bonds. The SMILES string of the molecule is CCN(CC)S(=O)(=O)Nc1nccc(Cl)n1. The quantitative estimate of drug-likeness (QED) is 0.809. The minimum atomic E-state index is -3.59. The third-order valence-electron chi connectivity index (χ3n) is 1.89. The lowest BCUT2D eigenvalue weighted by molar-refractivity contribution is 0.449. The summed E-state index contributed by atoms with van der Waals surface area (Å²) in [6, 6.07) is 1.47. The third kappa shape index (κ3) is 3.29. The predicted molar refractivity (Wildman–Crippen MR) is 62.5 cm³/mol. The van der Waals surface area contributed by atoms with E-state index in [0.717, 1.165) is 0 Å². The monoisotopic (exact) mass is 264 g/mol. The molecule has 0 radical (unpaired) electrons. The van der Waals surface area contributed by atoms with Gasteiger partial charge in [0.2, 0.25) is 5.95 Å². The Bertz CT molecular complexity index is 447. The zero-order valence-electron chi connectivity index (χ0n) is 9.01. The molecule has 1 aromatic heterocycles. The molecule has 1 N–H and O–H groups in total. The van der Waals surface area contributed by atoms with Crippen LogP contribution in [-0.4, -0.2) is 35.8 Å². The molecular weight excluding hydrogens is 252 g/mol. The highest BCUT2D eigenvalue weighted by Crippen LogP contribution is 2.09. The molecule has 6 nitrogen and oxygen atoms in total. The van der Waals surface area contributed by atoms with Crippen LogP contribution in [0.3, 0.4) is 0 Å². The lowest BCUT2D eigenvalue weighted by Gasteiger charge is -2.18. The van der Waals surface area contributed by atoms with Crippen molar-refractivity contribution in [3.8, 4) is 0 Å². The molecule has 0 spiro atoms. The Morgan fingerprint density at radius 3 is 2.56 bits per heavy atom. The van der Waals surface area contributed by atoms with Crippen molar-refractivity contribution in [1.82, 2.24) is 14.3 Å². The number of halogens is 1. The first-order chi connectivity index (χ1) is 7.49. The van der Waals surface area contributed by atoms with Crippen LogP contribution in [0.2, 0.25) is 5.15 Å². The molecule has 16 heavy (non-hydrogen) atoms. The van der Waals surface area contributed by atoms with Gasteiger partial charge in [-0.15, -0.1) is 0 Å². The molecule has 0 atom stereocenters. The number of rotatable bonds is 5. The number of nitrogens with one attached hydrogen (secondary N) is 1. The summed E-state index contributed by atoms with van der Waals surface area (Å²) in [5, 5.41) is 0.187. The van der Waals surface area contributed by atoms with E-state index >= 15 is 0 Å². The maximum Gasteiger partial charge on any atom is 0.303 e. The lowest BCUT2D eigenvalue weighted by atomic mass is 10.7. The Morgan fingerprint density at radius 1 is 1.44 bits per heavy atom. The maximum absolute atomic E-state index is 11.8. The average Bonchev–Trinajstić information content (AvgIpc) is 2.18. The van der Waals surface area contributed by atoms with Crippen molar-refractivity contribution in [2.45, 2.75) is 13.8 Å². The third-order valence-corrected chi connectivity index (χ3v) is 3.73. The summed E-state index contributed by atoms with van der Waals surface area (Å²) < 4.78 is 27.0. The minimum Gasteiger partial charge on any atom is -0.238 e. The van der Waals surface area contributed by atoms with Crippen LogP contribution in [0, 0.1) is 0 Å². The number of hydrogen-bond acceptors (Lipinski definition) is 4. The molecular formula is C8H13ClN4O2S. The van der Waals surface area contributed by atoms with Crippen LogP contribution in [0.1, 0.15) is 13.8 Å². The van der Waals surface area contributed by atoms with Gasteiger partial charge in [0.1, 0.15) is 5.15 Å². The maximum atomic E-state index is 11.8. The highest BCUT2D eigenvalue weighted by molar-refractivity contribution is 7.90. The fraction of sp³-hybridized carbons (Fsp3) is 0.500. The van der Waals surface area contributed by atoms with E-state index in [1.54, 1.807) is 13.8 Å². The van der Waals surface area contributed by atoms with Gasteiger partial charge in [0.15, 0.2) is 0 Å². The van der Waals surface area contributed by atoms with Gasteiger partial charge in [0.25, 0.3) is 0 Å². The van der Waals surface area contributed by atoms with Crippen LogP contribution in [0.5, 0.6) is 0 Å². The molecule has 1 rings (SSSR count). The zero-order chi connectivity index (χ0) is 12.2. The second kappa shape index (κ2) is 5.42. The van der Waals surface area contributed by atoms with Crippen LogP contribution in [0.25, 0.3) is 0 Å². The second-order valence-corrected chi connectivity index (χ2v) is 4.95. The summed E-state index contributed by atoms with van der Waals surface area (Å²) >= 11 is 5.62. The van der Waals surface area contributed by atoms with E-state index in [2.05, 4.69) is 14.7 Å². The molecule has 0 aliphatic carbocycles.